The Morgan fingerprint density at radius 3 is 2.39 bits per heavy atom. The molecule has 2 fully saturated rings. The normalized spacial score (nSPS) is 23.8. The summed E-state index contributed by atoms with van der Waals surface area (Å²) in [6, 6.07) is 0.790. The van der Waals surface area contributed by atoms with Crippen molar-refractivity contribution in [3.8, 4) is 0 Å². The second-order valence-electron chi connectivity index (χ2n) is 6.28. The summed E-state index contributed by atoms with van der Waals surface area (Å²) in [5.41, 5.74) is 0. The molecule has 0 radical (unpaired) electrons. The number of nitrogens with one attached hydrogen (secondary N) is 1. The van der Waals surface area contributed by atoms with Crippen LogP contribution in [0.5, 0.6) is 0 Å². The molecule has 1 nitrogen and oxygen atoms in total. The molecule has 0 spiro atoms. The summed E-state index contributed by atoms with van der Waals surface area (Å²) in [6.07, 6.45) is 14.6. The van der Waals surface area contributed by atoms with Gasteiger partial charge in [0.25, 0.3) is 0 Å². The minimum atomic E-state index is 0.790. The van der Waals surface area contributed by atoms with Crippen molar-refractivity contribution in [1.29, 1.82) is 0 Å². The first kappa shape index (κ1) is 14.7. The van der Waals surface area contributed by atoms with E-state index in [0.717, 1.165) is 17.2 Å². The van der Waals surface area contributed by atoms with Gasteiger partial charge in [-0.2, -0.15) is 11.8 Å². The zero-order valence-corrected chi connectivity index (χ0v) is 12.9. The van der Waals surface area contributed by atoms with Gasteiger partial charge in [0.05, 0.1) is 0 Å². The molecule has 2 rings (SSSR count). The van der Waals surface area contributed by atoms with Crippen LogP contribution >= 0.6 is 11.8 Å². The van der Waals surface area contributed by atoms with E-state index in [1.165, 1.54) is 76.5 Å². The summed E-state index contributed by atoms with van der Waals surface area (Å²) in [5, 5.41) is 4.79. The van der Waals surface area contributed by atoms with Crippen LogP contribution in [0, 0.1) is 5.92 Å². The maximum Gasteiger partial charge on any atom is 0.0160 e. The molecular formula is C16H31NS. The molecule has 18 heavy (non-hydrogen) atoms. The molecule has 1 unspecified atom stereocenters. The Bertz CT molecular complexity index is 207. The van der Waals surface area contributed by atoms with Gasteiger partial charge >= 0.3 is 0 Å². The van der Waals surface area contributed by atoms with Crippen molar-refractivity contribution >= 4 is 11.8 Å². The van der Waals surface area contributed by atoms with E-state index in [-0.39, 0.29) is 0 Å². The van der Waals surface area contributed by atoms with E-state index in [1.54, 1.807) is 0 Å². The van der Waals surface area contributed by atoms with Crippen molar-refractivity contribution in [3.05, 3.63) is 0 Å². The zero-order chi connectivity index (χ0) is 12.6. The van der Waals surface area contributed by atoms with E-state index in [4.69, 9.17) is 0 Å². The molecule has 0 bridgehead atoms. The largest absolute Gasteiger partial charge is 0.313 e. The molecule has 2 saturated carbocycles. The molecule has 0 saturated heterocycles. The lowest BCUT2D eigenvalue weighted by Gasteiger charge is -2.23. The standard InChI is InChI=1S/C16H31NS/c1-2-11-17-15(12-14-7-3-4-8-14)13-18-16-9-5-6-10-16/h14-17H,2-13H2,1H3. The second-order valence-corrected chi connectivity index (χ2v) is 7.61. The summed E-state index contributed by atoms with van der Waals surface area (Å²) < 4.78 is 0. The van der Waals surface area contributed by atoms with Crippen LogP contribution in [0.25, 0.3) is 0 Å². The van der Waals surface area contributed by atoms with Crippen LogP contribution in [0.4, 0.5) is 0 Å². The number of hydrogen-bond acceptors (Lipinski definition) is 2. The SMILES string of the molecule is CCCNC(CSC1CCCC1)CC1CCCC1. The van der Waals surface area contributed by atoms with Crippen molar-refractivity contribution in [2.24, 2.45) is 5.92 Å². The second kappa shape index (κ2) is 8.47. The van der Waals surface area contributed by atoms with Crippen LogP contribution in [-0.2, 0) is 0 Å². The van der Waals surface area contributed by atoms with E-state index in [1.807, 2.05) is 0 Å². The Kier molecular flexibility index (Phi) is 6.93. The van der Waals surface area contributed by atoms with Crippen LogP contribution in [0.1, 0.15) is 71.1 Å². The number of hydrogen-bond donors (Lipinski definition) is 1. The molecule has 106 valence electrons. The predicted octanol–water partition coefficient (Wildman–Crippen LogP) is 4.61. The minimum absolute atomic E-state index is 0.790. The fraction of sp³-hybridized carbons (Fsp3) is 1.00. The van der Waals surface area contributed by atoms with Gasteiger partial charge in [0.15, 0.2) is 0 Å². The summed E-state index contributed by atoms with van der Waals surface area (Å²) in [6.45, 7) is 3.49. The first-order valence-corrected chi connectivity index (χ1v) is 9.28. The maximum atomic E-state index is 3.80. The van der Waals surface area contributed by atoms with Gasteiger partial charge < -0.3 is 5.32 Å². The average molecular weight is 269 g/mol. The van der Waals surface area contributed by atoms with Crippen LogP contribution in [0.3, 0.4) is 0 Å². The summed E-state index contributed by atoms with van der Waals surface area (Å²) in [7, 11) is 0. The molecule has 2 aliphatic carbocycles. The highest BCUT2D eigenvalue weighted by Gasteiger charge is 2.22. The van der Waals surface area contributed by atoms with E-state index >= 15 is 0 Å². The lowest BCUT2D eigenvalue weighted by atomic mass is 9.99. The average Bonchev–Trinajstić information content (AvgIpc) is 3.05. The summed E-state index contributed by atoms with van der Waals surface area (Å²) >= 11 is 2.26. The van der Waals surface area contributed by atoms with Crippen molar-refractivity contribution in [1.82, 2.24) is 5.32 Å². The fourth-order valence-electron chi connectivity index (χ4n) is 3.51. The van der Waals surface area contributed by atoms with Gasteiger partial charge in [-0.25, -0.2) is 0 Å². The third-order valence-electron chi connectivity index (χ3n) is 4.61. The van der Waals surface area contributed by atoms with Gasteiger partial charge in [0.2, 0.25) is 0 Å². The van der Waals surface area contributed by atoms with Crippen LogP contribution in [0.2, 0.25) is 0 Å². The minimum Gasteiger partial charge on any atom is -0.313 e. The Hall–Kier alpha value is 0.310. The molecule has 0 heterocycles. The number of rotatable bonds is 8. The molecule has 0 aromatic rings. The molecule has 1 atom stereocenters. The van der Waals surface area contributed by atoms with Gasteiger partial charge in [0.1, 0.15) is 0 Å². The Morgan fingerprint density at radius 2 is 1.72 bits per heavy atom. The summed E-state index contributed by atoms with van der Waals surface area (Å²) in [5.74, 6) is 2.39. The molecule has 0 aromatic heterocycles. The molecule has 2 aliphatic rings. The van der Waals surface area contributed by atoms with Crippen molar-refractivity contribution in [3.63, 3.8) is 0 Å². The third kappa shape index (κ3) is 5.13. The van der Waals surface area contributed by atoms with E-state index in [2.05, 4.69) is 24.0 Å². The smallest absolute Gasteiger partial charge is 0.0160 e. The molecule has 1 N–H and O–H groups in total. The van der Waals surface area contributed by atoms with E-state index in [9.17, 15) is 0 Å². The van der Waals surface area contributed by atoms with Gasteiger partial charge in [-0.15, -0.1) is 0 Å². The van der Waals surface area contributed by atoms with Crippen LogP contribution in [-0.4, -0.2) is 23.6 Å². The van der Waals surface area contributed by atoms with E-state index < -0.39 is 0 Å². The first-order valence-electron chi connectivity index (χ1n) is 8.23. The molecule has 0 amide bonds. The van der Waals surface area contributed by atoms with Crippen LogP contribution in [0.15, 0.2) is 0 Å². The first-order chi connectivity index (χ1) is 8.88. The van der Waals surface area contributed by atoms with Crippen molar-refractivity contribution < 1.29 is 0 Å². The zero-order valence-electron chi connectivity index (χ0n) is 12.1. The lowest BCUT2D eigenvalue weighted by Crippen LogP contribution is -2.34. The topological polar surface area (TPSA) is 12.0 Å². The highest BCUT2D eigenvalue weighted by atomic mass is 32.2. The van der Waals surface area contributed by atoms with E-state index in [0.29, 0.717) is 0 Å². The quantitative estimate of drug-likeness (QED) is 0.690. The van der Waals surface area contributed by atoms with Gasteiger partial charge in [-0.1, -0.05) is 45.4 Å². The molecule has 0 aliphatic heterocycles. The molecular weight excluding hydrogens is 238 g/mol. The Morgan fingerprint density at radius 1 is 1.06 bits per heavy atom. The molecule has 2 heteroatoms. The van der Waals surface area contributed by atoms with Crippen molar-refractivity contribution in [2.45, 2.75) is 82.4 Å². The Labute approximate surface area is 118 Å². The van der Waals surface area contributed by atoms with Crippen molar-refractivity contribution in [2.75, 3.05) is 12.3 Å². The highest BCUT2D eigenvalue weighted by Crippen LogP contribution is 2.32. The maximum absolute atomic E-state index is 3.80. The van der Waals surface area contributed by atoms with Gasteiger partial charge in [-0.05, 0) is 38.1 Å². The fourth-order valence-corrected chi connectivity index (χ4v) is 4.94. The number of thioether (sulfide) groups is 1. The molecule has 0 aromatic carbocycles. The summed E-state index contributed by atoms with van der Waals surface area (Å²) in [4.78, 5) is 0. The monoisotopic (exact) mass is 269 g/mol. The predicted molar refractivity (Wildman–Crippen MR) is 83.4 cm³/mol. The van der Waals surface area contributed by atoms with Gasteiger partial charge in [-0.3, -0.25) is 0 Å². The third-order valence-corrected chi connectivity index (χ3v) is 6.15. The Balaban J connectivity index is 1.68. The lowest BCUT2D eigenvalue weighted by molar-refractivity contribution is 0.409. The van der Waals surface area contributed by atoms with Gasteiger partial charge in [0, 0.05) is 17.0 Å². The van der Waals surface area contributed by atoms with Crippen LogP contribution < -0.4 is 5.32 Å². The highest BCUT2D eigenvalue weighted by molar-refractivity contribution is 7.99.